The third-order valence-corrected chi connectivity index (χ3v) is 5.09. The maximum absolute atomic E-state index is 6.18. The molecule has 0 aliphatic carbocycles. The standard InChI is InChI=1S/C19H22ClN5/c1-13-9-19-22-17(10-18(21)25(19)23-13)15-3-2-8-24(12-15)11-14-4-6-16(20)7-5-14/h4-7,9-10,15H,2-3,8,11-12,21H2,1H3. The third-order valence-electron chi connectivity index (χ3n) is 4.84. The number of anilines is 1. The van der Waals surface area contributed by atoms with Crippen molar-refractivity contribution in [2.45, 2.75) is 32.2 Å². The number of hydrogen-bond acceptors (Lipinski definition) is 4. The van der Waals surface area contributed by atoms with Crippen molar-refractivity contribution < 1.29 is 0 Å². The number of fused-ring (bicyclic) bond motifs is 1. The van der Waals surface area contributed by atoms with E-state index in [1.54, 1.807) is 4.52 Å². The van der Waals surface area contributed by atoms with Crippen LogP contribution in [0, 0.1) is 6.92 Å². The molecule has 5 nitrogen and oxygen atoms in total. The molecular weight excluding hydrogens is 334 g/mol. The van der Waals surface area contributed by atoms with Gasteiger partial charge in [-0.15, -0.1) is 0 Å². The molecule has 1 fully saturated rings. The zero-order valence-corrected chi connectivity index (χ0v) is 15.1. The molecule has 0 amide bonds. The van der Waals surface area contributed by atoms with Crippen molar-refractivity contribution in [1.29, 1.82) is 0 Å². The summed E-state index contributed by atoms with van der Waals surface area (Å²) >= 11 is 5.98. The monoisotopic (exact) mass is 355 g/mol. The summed E-state index contributed by atoms with van der Waals surface area (Å²) in [5.41, 5.74) is 10.3. The molecule has 6 heteroatoms. The normalized spacial score (nSPS) is 18.7. The van der Waals surface area contributed by atoms with Gasteiger partial charge in [0.1, 0.15) is 5.82 Å². The lowest BCUT2D eigenvalue weighted by atomic mass is 9.94. The Morgan fingerprint density at radius 3 is 2.84 bits per heavy atom. The Bertz CT molecular complexity index is 887. The average Bonchev–Trinajstić information content (AvgIpc) is 2.98. The molecule has 130 valence electrons. The van der Waals surface area contributed by atoms with Crippen molar-refractivity contribution in [2.24, 2.45) is 0 Å². The SMILES string of the molecule is Cc1cc2nc(C3CCCN(Cc4ccc(Cl)cc4)C3)cc(N)n2n1. The highest BCUT2D eigenvalue weighted by Crippen LogP contribution is 2.28. The molecular formula is C19H22ClN5. The Hall–Kier alpha value is -2.11. The van der Waals surface area contributed by atoms with Gasteiger partial charge in [-0.1, -0.05) is 23.7 Å². The number of hydrogen-bond donors (Lipinski definition) is 1. The first kappa shape index (κ1) is 16.4. The molecule has 25 heavy (non-hydrogen) atoms. The van der Waals surface area contributed by atoms with Crippen molar-refractivity contribution >= 4 is 23.1 Å². The molecule has 3 heterocycles. The molecule has 3 aromatic rings. The van der Waals surface area contributed by atoms with Gasteiger partial charge in [0.25, 0.3) is 0 Å². The number of nitrogens with zero attached hydrogens (tertiary/aromatic N) is 4. The van der Waals surface area contributed by atoms with Crippen LogP contribution in [0.2, 0.25) is 5.02 Å². The van der Waals surface area contributed by atoms with Gasteiger partial charge in [0, 0.05) is 36.2 Å². The Morgan fingerprint density at radius 1 is 1.24 bits per heavy atom. The van der Waals surface area contributed by atoms with E-state index < -0.39 is 0 Å². The predicted molar refractivity (Wildman–Crippen MR) is 101 cm³/mol. The minimum absolute atomic E-state index is 0.406. The molecule has 2 N–H and O–H groups in total. The Balaban J connectivity index is 1.53. The number of likely N-dealkylation sites (tertiary alicyclic amines) is 1. The summed E-state index contributed by atoms with van der Waals surface area (Å²) in [6.07, 6.45) is 2.32. The first-order valence-electron chi connectivity index (χ1n) is 8.68. The van der Waals surface area contributed by atoms with Crippen LogP contribution in [0.3, 0.4) is 0 Å². The number of nitrogen functional groups attached to an aromatic ring is 1. The molecule has 1 aromatic carbocycles. The Morgan fingerprint density at radius 2 is 2.04 bits per heavy atom. The molecule has 1 aliphatic rings. The van der Waals surface area contributed by atoms with Crippen LogP contribution in [0.25, 0.3) is 5.65 Å². The van der Waals surface area contributed by atoms with Crippen LogP contribution in [0.5, 0.6) is 0 Å². The van der Waals surface area contributed by atoms with Crippen LogP contribution < -0.4 is 5.73 Å². The first-order chi connectivity index (χ1) is 12.1. The van der Waals surface area contributed by atoms with Crippen LogP contribution in [0.15, 0.2) is 36.4 Å². The van der Waals surface area contributed by atoms with E-state index in [0.717, 1.165) is 48.1 Å². The summed E-state index contributed by atoms with van der Waals surface area (Å²) in [7, 11) is 0. The van der Waals surface area contributed by atoms with Crippen molar-refractivity contribution in [2.75, 3.05) is 18.8 Å². The van der Waals surface area contributed by atoms with E-state index in [0.29, 0.717) is 11.7 Å². The molecule has 0 radical (unpaired) electrons. The van der Waals surface area contributed by atoms with Crippen LogP contribution in [0.1, 0.15) is 35.7 Å². The lowest BCUT2D eigenvalue weighted by Crippen LogP contribution is -2.34. The zero-order chi connectivity index (χ0) is 17.4. The van der Waals surface area contributed by atoms with E-state index in [-0.39, 0.29) is 0 Å². The Labute approximate surface area is 152 Å². The second-order valence-electron chi connectivity index (χ2n) is 6.86. The largest absolute Gasteiger partial charge is 0.384 e. The number of nitrogens with two attached hydrogens (primary N) is 1. The van der Waals surface area contributed by atoms with Gasteiger partial charge in [-0.2, -0.15) is 9.61 Å². The highest BCUT2D eigenvalue weighted by molar-refractivity contribution is 6.30. The molecule has 4 rings (SSSR count). The maximum atomic E-state index is 6.18. The highest BCUT2D eigenvalue weighted by Gasteiger charge is 2.23. The maximum Gasteiger partial charge on any atom is 0.157 e. The van der Waals surface area contributed by atoms with E-state index in [4.69, 9.17) is 22.3 Å². The van der Waals surface area contributed by atoms with Gasteiger partial charge in [0.15, 0.2) is 5.65 Å². The molecule has 1 aliphatic heterocycles. The summed E-state index contributed by atoms with van der Waals surface area (Å²) in [5.74, 6) is 1.06. The van der Waals surface area contributed by atoms with Gasteiger partial charge < -0.3 is 5.73 Å². The zero-order valence-electron chi connectivity index (χ0n) is 14.3. The van der Waals surface area contributed by atoms with Crippen LogP contribution >= 0.6 is 11.6 Å². The number of piperidine rings is 1. The average molecular weight is 356 g/mol. The molecule has 1 unspecified atom stereocenters. The van der Waals surface area contributed by atoms with Crippen molar-refractivity contribution in [3.8, 4) is 0 Å². The van der Waals surface area contributed by atoms with E-state index in [1.807, 2.05) is 31.2 Å². The smallest absolute Gasteiger partial charge is 0.157 e. The predicted octanol–water partition coefficient (Wildman–Crippen LogP) is 3.65. The minimum Gasteiger partial charge on any atom is -0.384 e. The molecule has 2 aromatic heterocycles. The van der Waals surface area contributed by atoms with Gasteiger partial charge in [-0.25, -0.2) is 4.98 Å². The van der Waals surface area contributed by atoms with Crippen molar-refractivity contribution in [1.82, 2.24) is 19.5 Å². The fourth-order valence-electron chi connectivity index (χ4n) is 3.63. The molecule has 0 saturated carbocycles. The summed E-state index contributed by atoms with van der Waals surface area (Å²) in [6, 6.07) is 12.1. The van der Waals surface area contributed by atoms with Crippen molar-refractivity contribution in [3.63, 3.8) is 0 Å². The summed E-state index contributed by atoms with van der Waals surface area (Å²) in [4.78, 5) is 7.30. The van der Waals surface area contributed by atoms with E-state index >= 15 is 0 Å². The van der Waals surface area contributed by atoms with Crippen LogP contribution in [-0.4, -0.2) is 32.6 Å². The Kier molecular flexibility index (Phi) is 4.36. The highest BCUT2D eigenvalue weighted by atomic mass is 35.5. The van der Waals surface area contributed by atoms with Gasteiger partial charge in [-0.05, 0) is 44.0 Å². The topological polar surface area (TPSA) is 59.5 Å². The van der Waals surface area contributed by atoms with Gasteiger partial charge in [-0.3, -0.25) is 4.90 Å². The fraction of sp³-hybridized carbons (Fsp3) is 0.368. The molecule has 0 bridgehead atoms. The quantitative estimate of drug-likeness (QED) is 0.779. The lowest BCUT2D eigenvalue weighted by Gasteiger charge is -2.32. The van der Waals surface area contributed by atoms with Crippen LogP contribution in [-0.2, 0) is 6.54 Å². The second-order valence-corrected chi connectivity index (χ2v) is 7.30. The van der Waals surface area contributed by atoms with E-state index in [1.165, 1.54) is 12.0 Å². The number of aromatic nitrogens is 3. The van der Waals surface area contributed by atoms with E-state index in [2.05, 4.69) is 22.1 Å². The molecule has 1 saturated heterocycles. The molecule has 0 spiro atoms. The van der Waals surface area contributed by atoms with Crippen molar-refractivity contribution in [3.05, 3.63) is 58.4 Å². The van der Waals surface area contributed by atoms with Gasteiger partial charge in [0.05, 0.1) is 11.4 Å². The lowest BCUT2D eigenvalue weighted by molar-refractivity contribution is 0.198. The van der Waals surface area contributed by atoms with E-state index in [9.17, 15) is 0 Å². The number of halogens is 1. The summed E-state index contributed by atoms with van der Waals surface area (Å²) in [6.45, 7) is 5.01. The summed E-state index contributed by atoms with van der Waals surface area (Å²) < 4.78 is 1.72. The van der Waals surface area contributed by atoms with Crippen LogP contribution in [0.4, 0.5) is 5.82 Å². The summed E-state index contributed by atoms with van der Waals surface area (Å²) in [5, 5.41) is 5.17. The first-order valence-corrected chi connectivity index (χ1v) is 9.06. The number of benzene rings is 1. The second kappa shape index (κ2) is 6.65. The molecule has 1 atom stereocenters. The van der Waals surface area contributed by atoms with Gasteiger partial charge in [0.2, 0.25) is 0 Å². The fourth-order valence-corrected chi connectivity index (χ4v) is 3.76. The number of aryl methyl sites for hydroxylation is 1. The minimum atomic E-state index is 0.406. The third kappa shape index (κ3) is 3.48. The number of rotatable bonds is 3. The van der Waals surface area contributed by atoms with Gasteiger partial charge >= 0.3 is 0 Å².